The molecule has 1 fully saturated rings. The molecule has 0 bridgehead atoms. The van der Waals surface area contributed by atoms with Gasteiger partial charge in [0.25, 0.3) is 0 Å². The largest absolute Gasteiger partial charge is 0.467 e. The minimum absolute atomic E-state index is 0.00357. The van der Waals surface area contributed by atoms with Crippen LogP contribution in [0.4, 0.5) is 10.1 Å². The van der Waals surface area contributed by atoms with E-state index in [1.165, 1.54) is 19.2 Å². The van der Waals surface area contributed by atoms with Crippen molar-refractivity contribution >= 4 is 21.7 Å². The predicted molar refractivity (Wildman–Crippen MR) is 71.3 cm³/mol. The normalized spacial score (nSPS) is 20.2. The van der Waals surface area contributed by atoms with Crippen LogP contribution in [0, 0.1) is 5.82 Å². The molecule has 1 aliphatic rings. The highest BCUT2D eigenvalue weighted by molar-refractivity contribution is 7.89. The average molecular weight is 318 g/mol. The van der Waals surface area contributed by atoms with Crippen LogP contribution < -0.4 is 5.73 Å². The molecule has 21 heavy (non-hydrogen) atoms. The van der Waals surface area contributed by atoms with Crippen molar-refractivity contribution in [2.45, 2.75) is 11.0 Å². The first-order chi connectivity index (χ1) is 9.87. The number of rotatable bonds is 3. The van der Waals surface area contributed by atoms with Crippen molar-refractivity contribution in [2.24, 2.45) is 0 Å². The molecule has 1 aromatic rings. The first-order valence-corrected chi connectivity index (χ1v) is 7.55. The number of benzene rings is 1. The molecule has 116 valence electrons. The third kappa shape index (κ3) is 2.99. The van der Waals surface area contributed by atoms with Gasteiger partial charge in [0.1, 0.15) is 10.7 Å². The van der Waals surface area contributed by atoms with Crippen molar-refractivity contribution < 1.29 is 27.1 Å². The lowest BCUT2D eigenvalue weighted by Gasteiger charge is -2.30. The number of methoxy groups -OCH3 is 1. The molecule has 1 aliphatic heterocycles. The van der Waals surface area contributed by atoms with Gasteiger partial charge in [0, 0.05) is 6.54 Å². The highest BCUT2D eigenvalue weighted by Crippen LogP contribution is 2.26. The maximum Gasteiger partial charge on any atom is 0.336 e. The summed E-state index contributed by atoms with van der Waals surface area (Å²) in [5.41, 5.74) is 5.38. The van der Waals surface area contributed by atoms with Crippen LogP contribution >= 0.6 is 0 Å². The van der Waals surface area contributed by atoms with Crippen LogP contribution in [0.5, 0.6) is 0 Å². The Morgan fingerprint density at radius 3 is 2.86 bits per heavy atom. The van der Waals surface area contributed by atoms with Crippen LogP contribution in [0.1, 0.15) is 0 Å². The van der Waals surface area contributed by atoms with E-state index in [9.17, 15) is 17.6 Å². The number of ether oxygens (including phenoxy) is 2. The Morgan fingerprint density at radius 1 is 1.52 bits per heavy atom. The number of morpholine rings is 1. The van der Waals surface area contributed by atoms with Crippen molar-refractivity contribution in [3.63, 3.8) is 0 Å². The van der Waals surface area contributed by atoms with E-state index in [0.717, 1.165) is 10.4 Å². The Balaban J connectivity index is 2.33. The number of nitrogens with zero attached hydrogens (tertiary/aromatic N) is 1. The summed E-state index contributed by atoms with van der Waals surface area (Å²) in [7, 11) is -2.98. The molecule has 1 heterocycles. The molecule has 0 aliphatic carbocycles. The van der Waals surface area contributed by atoms with Crippen LogP contribution in [-0.2, 0) is 24.3 Å². The second-order valence-corrected chi connectivity index (χ2v) is 6.28. The number of anilines is 1. The maximum atomic E-state index is 13.8. The summed E-state index contributed by atoms with van der Waals surface area (Å²) in [6, 6.07) is 3.63. The zero-order valence-corrected chi connectivity index (χ0v) is 12.1. The highest BCUT2D eigenvalue weighted by atomic mass is 32.2. The third-order valence-electron chi connectivity index (χ3n) is 3.09. The van der Waals surface area contributed by atoms with Gasteiger partial charge in [-0.1, -0.05) is 6.07 Å². The second-order valence-electron chi connectivity index (χ2n) is 4.40. The Hall–Kier alpha value is -1.71. The van der Waals surface area contributed by atoms with Crippen molar-refractivity contribution in [1.82, 2.24) is 4.31 Å². The lowest BCUT2D eigenvalue weighted by atomic mass is 10.3. The first-order valence-electron chi connectivity index (χ1n) is 6.11. The molecule has 1 saturated heterocycles. The molecular formula is C12H15FN2O5S. The molecule has 1 aromatic carbocycles. The monoisotopic (exact) mass is 318 g/mol. The molecular weight excluding hydrogens is 303 g/mol. The Morgan fingerprint density at radius 2 is 2.24 bits per heavy atom. The van der Waals surface area contributed by atoms with Gasteiger partial charge in [0.2, 0.25) is 10.0 Å². The minimum Gasteiger partial charge on any atom is -0.467 e. The Labute approximate surface area is 121 Å². The topological polar surface area (TPSA) is 98.9 Å². The van der Waals surface area contributed by atoms with Crippen molar-refractivity contribution in [2.75, 3.05) is 32.5 Å². The van der Waals surface area contributed by atoms with E-state index in [1.54, 1.807) is 0 Å². The van der Waals surface area contributed by atoms with E-state index in [-0.39, 0.29) is 25.4 Å². The summed E-state index contributed by atoms with van der Waals surface area (Å²) in [5.74, 6) is -1.62. The Kier molecular flexibility index (Phi) is 4.45. The first kappa shape index (κ1) is 15.7. The summed E-state index contributed by atoms with van der Waals surface area (Å²) in [4.78, 5) is 10.9. The van der Waals surface area contributed by atoms with E-state index in [0.29, 0.717) is 0 Å². The van der Waals surface area contributed by atoms with Gasteiger partial charge in [-0.05, 0) is 12.1 Å². The average Bonchev–Trinajstić information content (AvgIpc) is 2.46. The molecule has 0 aromatic heterocycles. The molecule has 7 nitrogen and oxygen atoms in total. The summed E-state index contributed by atoms with van der Waals surface area (Å²) >= 11 is 0. The lowest BCUT2D eigenvalue weighted by molar-refractivity contribution is -0.157. The SMILES string of the molecule is COC(=O)C1CN(S(=O)(=O)c2c(N)cccc2F)CCO1. The molecule has 0 radical (unpaired) electrons. The zero-order valence-electron chi connectivity index (χ0n) is 11.3. The molecule has 9 heteroatoms. The standard InChI is InChI=1S/C12H15FN2O5S/c1-19-12(16)10-7-15(5-6-20-10)21(17,18)11-8(13)3-2-4-9(11)14/h2-4,10H,5-7,14H2,1H3. The molecule has 0 amide bonds. The number of carbonyl (C=O) groups excluding carboxylic acids is 1. The van der Waals surface area contributed by atoms with Crippen molar-refractivity contribution in [3.05, 3.63) is 24.0 Å². The Bertz CT molecular complexity index is 629. The van der Waals surface area contributed by atoms with E-state index in [4.69, 9.17) is 10.5 Å². The zero-order chi connectivity index (χ0) is 15.6. The number of hydrogen-bond acceptors (Lipinski definition) is 6. The van der Waals surface area contributed by atoms with Gasteiger partial charge >= 0.3 is 5.97 Å². The third-order valence-corrected chi connectivity index (χ3v) is 5.05. The number of nitrogen functional groups attached to an aromatic ring is 1. The summed E-state index contributed by atoms with van der Waals surface area (Å²) in [5, 5.41) is 0. The van der Waals surface area contributed by atoms with Crippen LogP contribution in [0.25, 0.3) is 0 Å². The van der Waals surface area contributed by atoms with Crippen molar-refractivity contribution in [3.8, 4) is 0 Å². The predicted octanol–water partition coefficient (Wildman–Crippen LogP) is -0.0296. The van der Waals surface area contributed by atoms with Crippen molar-refractivity contribution in [1.29, 1.82) is 0 Å². The van der Waals surface area contributed by atoms with Gasteiger partial charge in [0.15, 0.2) is 6.10 Å². The summed E-state index contributed by atoms with van der Waals surface area (Å²) in [6.07, 6.45) is -1.04. The van der Waals surface area contributed by atoms with Gasteiger partial charge in [-0.2, -0.15) is 4.31 Å². The fraction of sp³-hybridized carbons (Fsp3) is 0.417. The molecule has 0 saturated carbocycles. The number of sulfonamides is 1. The van der Waals surface area contributed by atoms with E-state index in [2.05, 4.69) is 4.74 Å². The number of esters is 1. The van der Waals surface area contributed by atoms with Crippen LogP contribution in [-0.4, -0.2) is 51.6 Å². The number of hydrogen-bond donors (Lipinski definition) is 1. The quantitative estimate of drug-likeness (QED) is 0.621. The molecule has 2 rings (SSSR count). The fourth-order valence-corrected chi connectivity index (χ4v) is 3.63. The van der Waals surface area contributed by atoms with E-state index < -0.39 is 32.8 Å². The van der Waals surface area contributed by atoms with Crippen LogP contribution in [0.3, 0.4) is 0 Å². The van der Waals surface area contributed by atoms with Gasteiger partial charge < -0.3 is 15.2 Å². The molecule has 0 spiro atoms. The molecule has 1 atom stereocenters. The fourth-order valence-electron chi connectivity index (χ4n) is 2.04. The number of halogens is 1. The second kappa shape index (κ2) is 5.96. The van der Waals surface area contributed by atoms with Gasteiger partial charge in [-0.25, -0.2) is 17.6 Å². The van der Waals surface area contributed by atoms with E-state index in [1.807, 2.05) is 0 Å². The number of carbonyl (C=O) groups is 1. The van der Waals surface area contributed by atoms with Gasteiger partial charge in [0.05, 0.1) is 25.9 Å². The molecule has 1 unspecified atom stereocenters. The van der Waals surface area contributed by atoms with E-state index >= 15 is 0 Å². The summed E-state index contributed by atoms with van der Waals surface area (Å²) < 4.78 is 49.4. The lowest BCUT2D eigenvalue weighted by Crippen LogP contribution is -2.49. The maximum absolute atomic E-state index is 13.8. The molecule has 2 N–H and O–H groups in total. The summed E-state index contributed by atoms with van der Waals surface area (Å²) in [6.45, 7) is -0.236. The van der Waals surface area contributed by atoms with Crippen LogP contribution in [0.2, 0.25) is 0 Å². The minimum atomic E-state index is -4.15. The van der Waals surface area contributed by atoms with Gasteiger partial charge in [-0.15, -0.1) is 0 Å². The number of nitrogens with two attached hydrogens (primary N) is 1. The smallest absolute Gasteiger partial charge is 0.336 e. The van der Waals surface area contributed by atoms with Crippen LogP contribution in [0.15, 0.2) is 23.1 Å². The highest BCUT2D eigenvalue weighted by Gasteiger charge is 2.36. The van der Waals surface area contributed by atoms with Gasteiger partial charge in [-0.3, -0.25) is 0 Å².